The van der Waals surface area contributed by atoms with Gasteiger partial charge in [0, 0.05) is 18.4 Å². The summed E-state index contributed by atoms with van der Waals surface area (Å²) in [7, 11) is 0. The van der Waals surface area contributed by atoms with E-state index in [1.54, 1.807) is 17.8 Å². The normalized spacial score (nSPS) is 12.0. The fourth-order valence-corrected chi connectivity index (χ4v) is 2.94. The second-order valence-electron chi connectivity index (χ2n) is 6.78. The van der Waals surface area contributed by atoms with Crippen LogP contribution >= 0.6 is 0 Å². The molecule has 0 saturated heterocycles. The largest absolute Gasteiger partial charge is 0.489 e. The Bertz CT molecular complexity index is 895. The predicted molar refractivity (Wildman–Crippen MR) is 101 cm³/mol. The van der Waals surface area contributed by atoms with Gasteiger partial charge in [-0.05, 0) is 57.0 Å². The zero-order valence-electron chi connectivity index (χ0n) is 16.0. The molecule has 7 nitrogen and oxygen atoms in total. The van der Waals surface area contributed by atoms with Crippen LogP contribution in [0.2, 0.25) is 0 Å². The van der Waals surface area contributed by atoms with Gasteiger partial charge in [0.1, 0.15) is 18.1 Å². The third-order valence-electron chi connectivity index (χ3n) is 4.18. The van der Waals surface area contributed by atoms with E-state index in [2.05, 4.69) is 21.6 Å². The van der Waals surface area contributed by atoms with E-state index in [0.29, 0.717) is 17.9 Å². The number of hydrogen-bond acceptors (Lipinski definition) is 5. The van der Waals surface area contributed by atoms with Crippen molar-refractivity contribution >= 4 is 5.91 Å². The Balaban J connectivity index is 1.67. The van der Waals surface area contributed by atoms with Gasteiger partial charge in [0.05, 0.1) is 12.1 Å². The van der Waals surface area contributed by atoms with Crippen LogP contribution in [0.4, 0.5) is 0 Å². The Hall–Kier alpha value is -3.09. The van der Waals surface area contributed by atoms with Crippen molar-refractivity contribution in [2.75, 3.05) is 0 Å². The molecule has 0 radical (unpaired) electrons. The summed E-state index contributed by atoms with van der Waals surface area (Å²) in [6.45, 7) is 8.52. The minimum atomic E-state index is -0.287. The maximum atomic E-state index is 12.6. The summed E-state index contributed by atoms with van der Waals surface area (Å²) in [5, 5.41) is 11.0. The first-order chi connectivity index (χ1) is 12.9. The molecule has 0 saturated carbocycles. The second-order valence-corrected chi connectivity index (χ2v) is 6.78. The van der Waals surface area contributed by atoms with E-state index >= 15 is 0 Å². The first-order valence-electron chi connectivity index (χ1n) is 8.87. The molecule has 0 spiro atoms. The molecule has 142 valence electrons. The van der Waals surface area contributed by atoms with Crippen LogP contribution in [0.15, 0.2) is 41.2 Å². The van der Waals surface area contributed by atoms with E-state index in [1.165, 1.54) is 0 Å². The number of ether oxygens (including phenoxy) is 1. The highest BCUT2D eigenvalue weighted by molar-refractivity contribution is 5.93. The van der Waals surface area contributed by atoms with Crippen LogP contribution in [0.25, 0.3) is 0 Å². The van der Waals surface area contributed by atoms with Crippen molar-refractivity contribution < 1.29 is 14.1 Å². The van der Waals surface area contributed by atoms with Crippen molar-refractivity contribution in [3.05, 3.63) is 64.8 Å². The standard InChI is InChI=1S/C20H24N4O3/c1-13-8-14(2)10-17(9-13)26-12-18-16(4)27-23-19(18)20(25)22-15(3)11-24-7-5-6-21-24/h5-10,15H,11-12H2,1-4H3,(H,22,25). The first-order valence-corrected chi connectivity index (χ1v) is 8.87. The molecule has 0 fully saturated rings. The van der Waals surface area contributed by atoms with Crippen LogP contribution in [0.3, 0.4) is 0 Å². The summed E-state index contributed by atoms with van der Waals surface area (Å²) >= 11 is 0. The fraction of sp³-hybridized carbons (Fsp3) is 0.350. The lowest BCUT2D eigenvalue weighted by Gasteiger charge is -2.13. The van der Waals surface area contributed by atoms with Crippen LogP contribution in [0.1, 0.15) is 39.9 Å². The second kappa shape index (κ2) is 8.07. The number of amides is 1. The number of carbonyl (C=O) groups excluding carboxylic acids is 1. The molecule has 3 aromatic rings. The molecule has 0 aliphatic rings. The molecule has 7 heteroatoms. The van der Waals surface area contributed by atoms with Gasteiger partial charge in [-0.25, -0.2) is 0 Å². The number of aryl methyl sites for hydroxylation is 3. The molecule has 1 atom stereocenters. The van der Waals surface area contributed by atoms with E-state index in [9.17, 15) is 4.79 Å². The molecule has 3 rings (SSSR count). The minimum absolute atomic E-state index is 0.109. The number of rotatable bonds is 7. The number of benzene rings is 1. The highest BCUT2D eigenvalue weighted by Gasteiger charge is 2.22. The van der Waals surface area contributed by atoms with Gasteiger partial charge in [0.2, 0.25) is 0 Å². The number of aromatic nitrogens is 3. The Morgan fingerprint density at radius 2 is 2.00 bits per heavy atom. The third-order valence-corrected chi connectivity index (χ3v) is 4.18. The maximum absolute atomic E-state index is 12.6. The lowest BCUT2D eigenvalue weighted by molar-refractivity contribution is 0.0924. The van der Waals surface area contributed by atoms with Crippen molar-refractivity contribution in [2.24, 2.45) is 0 Å². The van der Waals surface area contributed by atoms with E-state index in [-0.39, 0.29) is 24.2 Å². The van der Waals surface area contributed by atoms with Gasteiger partial charge in [-0.1, -0.05) is 11.2 Å². The molecule has 0 bridgehead atoms. The first kappa shape index (κ1) is 18.7. The Kier molecular flexibility index (Phi) is 5.59. The van der Waals surface area contributed by atoms with Crippen LogP contribution in [0.5, 0.6) is 5.75 Å². The van der Waals surface area contributed by atoms with Crippen LogP contribution in [-0.4, -0.2) is 26.9 Å². The van der Waals surface area contributed by atoms with Crippen molar-refractivity contribution in [3.8, 4) is 5.75 Å². The number of nitrogens with zero attached hydrogens (tertiary/aromatic N) is 3. The molecular weight excluding hydrogens is 344 g/mol. The van der Waals surface area contributed by atoms with E-state index in [4.69, 9.17) is 9.26 Å². The van der Waals surface area contributed by atoms with Crippen molar-refractivity contribution in [1.82, 2.24) is 20.3 Å². The Morgan fingerprint density at radius 3 is 2.67 bits per heavy atom. The fourth-order valence-electron chi connectivity index (χ4n) is 2.94. The molecule has 0 aliphatic heterocycles. The minimum Gasteiger partial charge on any atom is -0.489 e. The van der Waals surface area contributed by atoms with Gasteiger partial charge in [-0.2, -0.15) is 5.10 Å². The van der Waals surface area contributed by atoms with Gasteiger partial charge in [0.25, 0.3) is 5.91 Å². The average molecular weight is 368 g/mol. The van der Waals surface area contributed by atoms with Gasteiger partial charge >= 0.3 is 0 Å². The smallest absolute Gasteiger partial charge is 0.274 e. The molecule has 27 heavy (non-hydrogen) atoms. The highest BCUT2D eigenvalue weighted by Crippen LogP contribution is 2.20. The summed E-state index contributed by atoms with van der Waals surface area (Å²) in [6, 6.07) is 7.74. The Morgan fingerprint density at radius 1 is 1.26 bits per heavy atom. The van der Waals surface area contributed by atoms with Gasteiger partial charge in [-0.3, -0.25) is 9.48 Å². The van der Waals surface area contributed by atoms with Gasteiger partial charge in [0.15, 0.2) is 5.69 Å². The summed E-state index contributed by atoms with van der Waals surface area (Å²) in [5.74, 6) is 1.04. The lowest BCUT2D eigenvalue weighted by atomic mass is 10.1. The molecule has 1 amide bonds. The number of carbonyl (C=O) groups is 1. The zero-order valence-corrected chi connectivity index (χ0v) is 16.0. The molecule has 0 aliphatic carbocycles. The number of hydrogen-bond donors (Lipinski definition) is 1. The predicted octanol–water partition coefficient (Wildman–Crippen LogP) is 3.19. The summed E-state index contributed by atoms with van der Waals surface area (Å²) in [5.41, 5.74) is 3.15. The van der Waals surface area contributed by atoms with Crippen molar-refractivity contribution in [3.63, 3.8) is 0 Å². The summed E-state index contributed by atoms with van der Waals surface area (Å²) in [6.07, 6.45) is 3.56. The molecule has 1 N–H and O–H groups in total. The SMILES string of the molecule is Cc1cc(C)cc(OCc2c(C(=O)NC(C)Cn3cccn3)noc2C)c1. The van der Waals surface area contributed by atoms with Crippen LogP contribution in [0, 0.1) is 20.8 Å². The monoisotopic (exact) mass is 368 g/mol. The topological polar surface area (TPSA) is 82.2 Å². The average Bonchev–Trinajstić information content (AvgIpc) is 3.21. The molecular formula is C20H24N4O3. The molecule has 2 heterocycles. The Labute approximate surface area is 158 Å². The van der Waals surface area contributed by atoms with Crippen molar-refractivity contribution in [2.45, 2.75) is 46.9 Å². The zero-order chi connectivity index (χ0) is 19.4. The van der Waals surface area contributed by atoms with Crippen molar-refractivity contribution in [1.29, 1.82) is 0 Å². The molecule has 1 unspecified atom stereocenters. The van der Waals surface area contributed by atoms with Crippen LogP contribution in [-0.2, 0) is 13.2 Å². The van der Waals surface area contributed by atoms with Crippen LogP contribution < -0.4 is 10.1 Å². The lowest BCUT2D eigenvalue weighted by Crippen LogP contribution is -2.36. The molecule has 1 aromatic carbocycles. The summed E-state index contributed by atoms with van der Waals surface area (Å²) in [4.78, 5) is 12.6. The quantitative estimate of drug-likeness (QED) is 0.692. The molecule has 2 aromatic heterocycles. The third kappa shape index (κ3) is 4.75. The van der Waals surface area contributed by atoms with E-state index in [1.807, 2.05) is 45.2 Å². The van der Waals surface area contributed by atoms with E-state index in [0.717, 1.165) is 16.9 Å². The highest BCUT2D eigenvalue weighted by atomic mass is 16.5. The van der Waals surface area contributed by atoms with Gasteiger partial charge in [-0.15, -0.1) is 0 Å². The number of nitrogens with one attached hydrogen (secondary N) is 1. The van der Waals surface area contributed by atoms with Gasteiger partial charge < -0.3 is 14.6 Å². The summed E-state index contributed by atoms with van der Waals surface area (Å²) < 4.78 is 12.9. The maximum Gasteiger partial charge on any atom is 0.274 e. The van der Waals surface area contributed by atoms with E-state index < -0.39 is 0 Å².